The van der Waals surface area contributed by atoms with Gasteiger partial charge in [-0.05, 0) is 58.4 Å². The minimum Gasteiger partial charge on any atom is -0.444 e. The van der Waals surface area contributed by atoms with E-state index in [1.54, 1.807) is 26.8 Å². The SMILES string of the molecule is CC(C)(C)OC(=O)Nc1ccc(F)c(NCC2CCCN2)c1. The van der Waals surface area contributed by atoms with Crippen molar-refractivity contribution in [3.63, 3.8) is 0 Å². The Labute approximate surface area is 130 Å². The molecule has 5 nitrogen and oxygen atoms in total. The van der Waals surface area contributed by atoms with Crippen molar-refractivity contribution in [2.24, 2.45) is 0 Å². The summed E-state index contributed by atoms with van der Waals surface area (Å²) < 4.78 is 19.0. The molecule has 1 aromatic rings. The molecule has 22 heavy (non-hydrogen) atoms. The van der Waals surface area contributed by atoms with E-state index in [4.69, 9.17) is 4.74 Å². The number of halogens is 1. The molecule has 1 fully saturated rings. The molecule has 1 unspecified atom stereocenters. The van der Waals surface area contributed by atoms with Crippen molar-refractivity contribution in [1.29, 1.82) is 0 Å². The summed E-state index contributed by atoms with van der Waals surface area (Å²) in [6, 6.07) is 4.78. The first-order valence-corrected chi connectivity index (χ1v) is 7.60. The van der Waals surface area contributed by atoms with Crippen LogP contribution in [0.2, 0.25) is 0 Å². The molecule has 0 spiro atoms. The third-order valence-corrected chi connectivity index (χ3v) is 3.31. The van der Waals surface area contributed by atoms with Crippen LogP contribution in [0.4, 0.5) is 20.6 Å². The van der Waals surface area contributed by atoms with Crippen molar-refractivity contribution in [1.82, 2.24) is 5.32 Å². The minimum atomic E-state index is -0.570. The van der Waals surface area contributed by atoms with Gasteiger partial charge in [-0.3, -0.25) is 5.32 Å². The number of nitrogens with one attached hydrogen (secondary N) is 3. The summed E-state index contributed by atoms with van der Waals surface area (Å²) in [7, 11) is 0. The average molecular weight is 309 g/mol. The van der Waals surface area contributed by atoms with Gasteiger partial charge in [0.1, 0.15) is 11.4 Å². The lowest BCUT2D eigenvalue weighted by Crippen LogP contribution is -2.29. The van der Waals surface area contributed by atoms with Gasteiger partial charge in [0.2, 0.25) is 0 Å². The van der Waals surface area contributed by atoms with Crippen molar-refractivity contribution in [3.05, 3.63) is 24.0 Å². The normalized spacial score (nSPS) is 18.1. The Morgan fingerprint density at radius 2 is 2.23 bits per heavy atom. The first kappa shape index (κ1) is 16.5. The predicted molar refractivity (Wildman–Crippen MR) is 85.8 cm³/mol. The van der Waals surface area contributed by atoms with Crippen molar-refractivity contribution in [2.45, 2.75) is 45.3 Å². The molecule has 1 aliphatic rings. The third kappa shape index (κ3) is 5.18. The molecule has 1 amide bonds. The number of ether oxygens (including phenoxy) is 1. The Kier molecular flexibility index (Phi) is 5.24. The molecule has 0 saturated carbocycles. The minimum absolute atomic E-state index is 0.340. The van der Waals surface area contributed by atoms with E-state index in [0.717, 1.165) is 19.4 Å². The molecule has 1 aliphatic heterocycles. The fourth-order valence-corrected chi connectivity index (χ4v) is 2.32. The van der Waals surface area contributed by atoms with Crippen LogP contribution in [0.15, 0.2) is 18.2 Å². The Balaban J connectivity index is 1.95. The number of benzene rings is 1. The number of amides is 1. The molecular formula is C16H24FN3O2. The zero-order valence-electron chi connectivity index (χ0n) is 13.3. The molecule has 1 aromatic carbocycles. The van der Waals surface area contributed by atoms with E-state index in [-0.39, 0.29) is 5.82 Å². The van der Waals surface area contributed by atoms with Gasteiger partial charge in [0.25, 0.3) is 0 Å². The number of carbonyl (C=O) groups excluding carboxylic acids is 1. The van der Waals surface area contributed by atoms with Crippen molar-refractivity contribution < 1.29 is 13.9 Å². The molecule has 6 heteroatoms. The van der Waals surface area contributed by atoms with Crippen LogP contribution in [-0.2, 0) is 4.74 Å². The van der Waals surface area contributed by atoms with E-state index in [2.05, 4.69) is 16.0 Å². The molecule has 0 bridgehead atoms. The van der Waals surface area contributed by atoms with Gasteiger partial charge >= 0.3 is 6.09 Å². The van der Waals surface area contributed by atoms with Crippen LogP contribution in [0.3, 0.4) is 0 Å². The molecule has 0 radical (unpaired) electrons. The Morgan fingerprint density at radius 3 is 2.86 bits per heavy atom. The van der Waals surface area contributed by atoms with E-state index in [0.29, 0.717) is 24.0 Å². The van der Waals surface area contributed by atoms with Gasteiger partial charge in [0.05, 0.1) is 5.69 Å². The summed E-state index contributed by atoms with van der Waals surface area (Å²) in [6.07, 6.45) is 1.68. The summed E-state index contributed by atoms with van der Waals surface area (Å²) in [6.45, 7) is 7.04. The number of hydrogen-bond donors (Lipinski definition) is 3. The molecular weight excluding hydrogens is 285 g/mol. The number of rotatable bonds is 4. The molecule has 122 valence electrons. The fourth-order valence-electron chi connectivity index (χ4n) is 2.32. The molecule has 0 aromatic heterocycles. The van der Waals surface area contributed by atoms with Gasteiger partial charge in [-0.2, -0.15) is 0 Å². The van der Waals surface area contributed by atoms with Gasteiger partial charge in [0, 0.05) is 18.3 Å². The number of carbonyl (C=O) groups is 1. The van der Waals surface area contributed by atoms with Crippen molar-refractivity contribution >= 4 is 17.5 Å². The molecule has 0 aliphatic carbocycles. The smallest absolute Gasteiger partial charge is 0.412 e. The summed E-state index contributed by atoms with van der Waals surface area (Å²) in [5, 5.41) is 9.04. The maximum atomic E-state index is 13.8. The zero-order chi connectivity index (χ0) is 16.2. The van der Waals surface area contributed by atoms with Crippen LogP contribution >= 0.6 is 0 Å². The highest BCUT2D eigenvalue weighted by Gasteiger charge is 2.17. The van der Waals surface area contributed by atoms with Crippen molar-refractivity contribution in [2.75, 3.05) is 23.7 Å². The molecule has 1 heterocycles. The average Bonchev–Trinajstić information content (AvgIpc) is 2.90. The first-order chi connectivity index (χ1) is 10.3. The molecule has 1 saturated heterocycles. The van der Waals surface area contributed by atoms with Gasteiger partial charge in [-0.1, -0.05) is 0 Å². The van der Waals surface area contributed by atoms with E-state index >= 15 is 0 Å². The quantitative estimate of drug-likeness (QED) is 0.798. The van der Waals surface area contributed by atoms with E-state index in [9.17, 15) is 9.18 Å². The second kappa shape index (κ2) is 6.96. The lowest BCUT2D eigenvalue weighted by atomic mass is 10.2. The predicted octanol–water partition coefficient (Wildman–Crippen LogP) is 3.34. The van der Waals surface area contributed by atoms with Crippen LogP contribution in [0.1, 0.15) is 33.6 Å². The second-order valence-corrected chi connectivity index (χ2v) is 6.50. The zero-order valence-corrected chi connectivity index (χ0v) is 13.3. The van der Waals surface area contributed by atoms with Crippen LogP contribution in [0.25, 0.3) is 0 Å². The molecule has 3 N–H and O–H groups in total. The van der Waals surface area contributed by atoms with Crippen LogP contribution in [0, 0.1) is 5.82 Å². The van der Waals surface area contributed by atoms with Gasteiger partial charge in [0.15, 0.2) is 0 Å². The largest absolute Gasteiger partial charge is 0.444 e. The highest BCUT2D eigenvalue weighted by atomic mass is 19.1. The van der Waals surface area contributed by atoms with E-state index in [1.165, 1.54) is 12.1 Å². The number of anilines is 2. The van der Waals surface area contributed by atoms with Crippen LogP contribution in [-0.4, -0.2) is 30.8 Å². The molecule has 2 rings (SSSR count). The standard InChI is InChI=1S/C16H24FN3O2/c1-16(2,3)22-15(21)20-11-6-7-13(17)14(9-11)19-10-12-5-4-8-18-12/h6-7,9,12,18-19H,4-5,8,10H2,1-3H3,(H,20,21). The Hall–Kier alpha value is -1.82. The first-order valence-electron chi connectivity index (χ1n) is 7.60. The summed E-state index contributed by atoms with van der Waals surface area (Å²) in [5.41, 5.74) is 0.305. The monoisotopic (exact) mass is 309 g/mol. The third-order valence-electron chi connectivity index (χ3n) is 3.31. The van der Waals surface area contributed by atoms with Crippen molar-refractivity contribution in [3.8, 4) is 0 Å². The maximum absolute atomic E-state index is 13.8. The van der Waals surface area contributed by atoms with E-state index in [1.807, 2.05) is 0 Å². The Morgan fingerprint density at radius 1 is 1.45 bits per heavy atom. The highest BCUT2D eigenvalue weighted by molar-refractivity contribution is 5.85. The van der Waals surface area contributed by atoms with Crippen LogP contribution in [0.5, 0.6) is 0 Å². The number of hydrogen-bond acceptors (Lipinski definition) is 4. The fraction of sp³-hybridized carbons (Fsp3) is 0.562. The summed E-state index contributed by atoms with van der Waals surface area (Å²) in [4.78, 5) is 11.7. The lowest BCUT2D eigenvalue weighted by Gasteiger charge is -2.20. The Bertz CT molecular complexity index is 523. The maximum Gasteiger partial charge on any atom is 0.412 e. The summed E-state index contributed by atoms with van der Waals surface area (Å²) >= 11 is 0. The van der Waals surface area contributed by atoms with E-state index < -0.39 is 11.7 Å². The van der Waals surface area contributed by atoms with Gasteiger partial charge in [-0.25, -0.2) is 9.18 Å². The summed E-state index contributed by atoms with van der Waals surface area (Å²) in [5.74, 6) is -0.340. The van der Waals surface area contributed by atoms with Crippen LogP contribution < -0.4 is 16.0 Å². The highest BCUT2D eigenvalue weighted by Crippen LogP contribution is 2.21. The van der Waals surface area contributed by atoms with Gasteiger partial charge < -0.3 is 15.4 Å². The van der Waals surface area contributed by atoms with Gasteiger partial charge in [-0.15, -0.1) is 0 Å². The molecule has 1 atom stereocenters. The second-order valence-electron chi connectivity index (χ2n) is 6.50. The lowest BCUT2D eigenvalue weighted by molar-refractivity contribution is 0.0636. The topological polar surface area (TPSA) is 62.4 Å².